The zero-order valence-corrected chi connectivity index (χ0v) is 30.0. The maximum atomic E-state index is 5.24. The molecule has 0 aliphatic heterocycles. The Balaban J connectivity index is 1.12. The number of hydrogen-bond donors (Lipinski definition) is 0. The molecule has 5 nitrogen and oxygen atoms in total. The minimum absolute atomic E-state index is 0.859. The van der Waals surface area contributed by atoms with E-state index in [9.17, 15) is 0 Å². The first-order chi connectivity index (χ1) is 26.6. The average molecular weight is 694 g/mol. The van der Waals surface area contributed by atoms with Crippen molar-refractivity contribution in [2.24, 2.45) is 0 Å². The van der Waals surface area contributed by atoms with E-state index in [1.54, 1.807) is 0 Å². The lowest BCUT2D eigenvalue weighted by molar-refractivity contribution is 1.17. The van der Waals surface area contributed by atoms with Crippen molar-refractivity contribution in [1.29, 1.82) is 0 Å². The number of pyridine rings is 1. The van der Waals surface area contributed by atoms with Gasteiger partial charge in [-0.1, -0.05) is 97.1 Å². The highest BCUT2D eigenvalue weighted by molar-refractivity contribution is 6.09. The van der Waals surface area contributed by atoms with Gasteiger partial charge < -0.3 is 9.47 Å². The molecular weight excluding hydrogens is 659 g/mol. The summed E-state index contributed by atoms with van der Waals surface area (Å²) in [5, 5.41) is 3.58. The molecular formula is C49H35N5. The van der Waals surface area contributed by atoms with E-state index in [4.69, 9.17) is 15.0 Å². The lowest BCUT2D eigenvalue weighted by Gasteiger charge is -2.27. The van der Waals surface area contributed by atoms with Crippen LogP contribution in [0.25, 0.3) is 71.9 Å². The van der Waals surface area contributed by atoms with E-state index in [2.05, 4.69) is 181 Å². The number of benzene rings is 7. The normalized spacial score (nSPS) is 11.5. The quantitative estimate of drug-likeness (QED) is 0.174. The Bertz CT molecular complexity index is 2940. The van der Waals surface area contributed by atoms with Crippen LogP contribution in [0.2, 0.25) is 0 Å². The third kappa shape index (κ3) is 5.29. The molecule has 7 aromatic carbocycles. The molecule has 0 saturated heterocycles. The molecule has 5 heteroatoms. The van der Waals surface area contributed by atoms with Gasteiger partial charge in [-0.05, 0) is 97.8 Å². The molecule has 3 aromatic heterocycles. The monoisotopic (exact) mass is 693 g/mol. The Labute approximate surface area is 313 Å². The number of hydrogen-bond acceptors (Lipinski definition) is 4. The molecule has 0 fully saturated rings. The Hall–Kier alpha value is -7.11. The van der Waals surface area contributed by atoms with Crippen LogP contribution in [0.1, 0.15) is 11.1 Å². The number of para-hydroxylation sites is 3. The fraction of sp³-hybridized carbons (Fsp3) is 0.0408. The minimum Gasteiger partial charge on any atom is -0.309 e. The van der Waals surface area contributed by atoms with Gasteiger partial charge in [-0.2, -0.15) is 0 Å². The molecule has 0 amide bonds. The summed E-state index contributed by atoms with van der Waals surface area (Å²) < 4.78 is 2.35. The molecule has 0 unspecified atom stereocenters. The summed E-state index contributed by atoms with van der Waals surface area (Å²) in [6.07, 6.45) is 1.87. The summed E-state index contributed by atoms with van der Waals surface area (Å²) in [6, 6.07) is 59.9. The van der Waals surface area contributed by atoms with Crippen LogP contribution >= 0.6 is 0 Å². The molecule has 256 valence electrons. The van der Waals surface area contributed by atoms with Gasteiger partial charge in [-0.3, -0.25) is 4.98 Å². The average Bonchev–Trinajstić information content (AvgIpc) is 3.56. The van der Waals surface area contributed by atoms with Gasteiger partial charge in [0.2, 0.25) is 0 Å². The van der Waals surface area contributed by atoms with E-state index < -0.39 is 0 Å². The van der Waals surface area contributed by atoms with E-state index in [-0.39, 0.29) is 0 Å². The van der Waals surface area contributed by atoms with Gasteiger partial charge in [0.05, 0.1) is 44.7 Å². The minimum atomic E-state index is 0.859. The second-order valence-electron chi connectivity index (χ2n) is 13.8. The summed E-state index contributed by atoms with van der Waals surface area (Å²) in [7, 11) is 0. The predicted molar refractivity (Wildman–Crippen MR) is 224 cm³/mol. The molecule has 0 atom stereocenters. The van der Waals surface area contributed by atoms with Crippen LogP contribution in [0, 0.1) is 13.8 Å². The predicted octanol–water partition coefficient (Wildman–Crippen LogP) is 12.7. The molecule has 0 radical (unpaired) electrons. The number of aryl methyl sites for hydroxylation is 2. The number of anilines is 3. The molecule has 10 rings (SSSR count). The highest BCUT2D eigenvalue weighted by Crippen LogP contribution is 2.41. The van der Waals surface area contributed by atoms with Crippen molar-refractivity contribution in [2.75, 3.05) is 4.90 Å². The molecule has 0 aliphatic carbocycles. The maximum Gasteiger partial charge on any atom is 0.0973 e. The smallest absolute Gasteiger partial charge is 0.0973 e. The summed E-state index contributed by atoms with van der Waals surface area (Å²) in [5.74, 6) is 0. The molecule has 10 aromatic rings. The van der Waals surface area contributed by atoms with Crippen molar-refractivity contribution in [3.63, 3.8) is 0 Å². The van der Waals surface area contributed by atoms with Crippen molar-refractivity contribution in [1.82, 2.24) is 19.5 Å². The summed E-state index contributed by atoms with van der Waals surface area (Å²) >= 11 is 0. The number of fused-ring (bicyclic) bond motifs is 5. The molecule has 54 heavy (non-hydrogen) atoms. The van der Waals surface area contributed by atoms with Crippen molar-refractivity contribution in [2.45, 2.75) is 13.8 Å². The van der Waals surface area contributed by atoms with E-state index in [1.807, 2.05) is 18.3 Å². The van der Waals surface area contributed by atoms with E-state index >= 15 is 0 Å². The number of rotatable bonds is 6. The fourth-order valence-corrected chi connectivity index (χ4v) is 7.73. The van der Waals surface area contributed by atoms with E-state index in [1.165, 1.54) is 32.9 Å². The zero-order chi connectivity index (χ0) is 36.2. The Morgan fingerprint density at radius 2 is 1.02 bits per heavy atom. The first kappa shape index (κ1) is 31.6. The molecule has 0 spiro atoms. The van der Waals surface area contributed by atoms with Crippen LogP contribution in [0.5, 0.6) is 0 Å². The van der Waals surface area contributed by atoms with E-state index in [0.717, 1.165) is 67.2 Å². The molecule has 3 heterocycles. The lowest BCUT2D eigenvalue weighted by Crippen LogP contribution is -2.11. The topological polar surface area (TPSA) is 46.8 Å². The van der Waals surface area contributed by atoms with Gasteiger partial charge in [0, 0.05) is 50.5 Å². The molecule has 0 bridgehead atoms. The SMILES string of the molecule is Cc1cc2nc(-c3ccccc3)c(-c3ccc(N(c4ccc(-n5c6ccccc6c6ccccc65)cc4)c4cccc5cccnc45)cc3)nc2cc1C. The van der Waals surface area contributed by atoms with Crippen LogP contribution in [0.3, 0.4) is 0 Å². The summed E-state index contributed by atoms with van der Waals surface area (Å²) in [6.45, 7) is 4.25. The highest BCUT2D eigenvalue weighted by Gasteiger charge is 2.19. The van der Waals surface area contributed by atoms with Gasteiger partial charge in [0.15, 0.2) is 0 Å². The molecule has 0 saturated carbocycles. The molecule has 0 N–H and O–H groups in total. The highest BCUT2D eigenvalue weighted by atomic mass is 15.1. The molecule has 0 aliphatic rings. The van der Waals surface area contributed by atoms with Crippen LogP contribution in [-0.4, -0.2) is 19.5 Å². The first-order valence-electron chi connectivity index (χ1n) is 18.3. The Morgan fingerprint density at radius 1 is 0.481 bits per heavy atom. The Morgan fingerprint density at radius 3 is 1.65 bits per heavy atom. The number of aromatic nitrogens is 4. The van der Waals surface area contributed by atoms with Gasteiger partial charge >= 0.3 is 0 Å². The van der Waals surface area contributed by atoms with Gasteiger partial charge in [-0.25, -0.2) is 9.97 Å². The second-order valence-corrected chi connectivity index (χ2v) is 13.8. The Kier molecular flexibility index (Phi) is 7.51. The van der Waals surface area contributed by atoms with Crippen LogP contribution in [0.4, 0.5) is 17.1 Å². The lowest BCUT2D eigenvalue weighted by atomic mass is 10.0. The third-order valence-corrected chi connectivity index (χ3v) is 10.5. The zero-order valence-electron chi connectivity index (χ0n) is 30.0. The first-order valence-corrected chi connectivity index (χ1v) is 18.3. The summed E-state index contributed by atoms with van der Waals surface area (Å²) in [4.78, 5) is 17.6. The van der Waals surface area contributed by atoms with E-state index in [0.29, 0.717) is 0 Å². The van der Waals surface area contributed by atoms with Crippen LogP contribution in [0.15, 0.2) is 176 Å². The van der Waals surface area contributed by atoms with Crippen LogP contribution < -0.4 is 4.90 Å². The summed E-state index contributed by atoms with van der Waals surface area (Å²) in [5.41, 5.74) is 15.5. The van der Waals surface area contributed by atoms with Crippen molar-refractivity contribution < 1.29 is 0 Å². The maximum absolute atomic E-state index is 5.24. The van der Waals surface area contributed by atoms with Gasteiger partial charge in [0.25, 0.3) is 0 Å². The number of nitrogens with zero attached hydrogens (tertiary/aromatic N) is 5. The van der Waals surface area contributed by atoms with Crippen molar-refractivity contribution in [3.05, 3.63) is 187 Å². The standard InChI is InChI=1S/C49H35N5/c1-32-30-42-43(31-33(32)2)52-49(48(51-42)35-12-4-3-5-13-35)36-21-23-37(24-22-36)53(46-20-10-14-34-15-11-29-50-47(34)46)38-25-27-39(28-26-38)54-44-18-8-6-16-40(44)41-17-7-9-19-45(41)54/h3-31H,1-2H3. The largest absolute Gasteiger partial charge is 0.309 e. The van der Waals surface area contributed by atoms with Crippen molar-refractivity contribution in [3.8, 4) is 28.2 Å². The third-order valence-electron chi connectivity index (χ3n) is 10.5. The second kappa shape index (κ2) is 12.8. The van der Waals surface area contributed by atoms with Crippen molar-refractivity contribution >= 4 is 60.8 Å². The van der Waals surface area contributed by atoms with Crippen LogP contribution in [-0.2, 0) is 0 Å². The van der Waals surface area contributed by atoms with Gasteiger partial charge in [-0.15, -0.1) is 0 Å². The fourth-order valence-electron chi connectivity index (χ4n) is 7.73. The van der Waals surface area contributed by atoms with Gasteiger partial charge in [0.1, 0.15) is 0 Å².